The minimum Gasteiger partial charge on any atom is -0.371 e. The van der Waals surface area contributed by atoms with E-state index in [0.717, 1.165) is 18.8 Å². The summed E-state index contributed by atoms with van der Waals surface area (Å²) in [7, 11) is 0. The molecule has 3 rings (SSSR count). The molecular weight excluding hydrogens is 290 g/mol. The molecule has 2 N–H and O–H groups in total. The predicted molar refractivity (Wildman–Crippen MR) is 92.6 cm³/mol. The lowest BCUT2D eigenvalue weighted by Crippen LogP contribution is -2.39. The van der Waals surface area contributed by atoms with Gasteiger partial charge in [-0.25, -0.2) is 0 Å². The van der Waals surface area contributed by atoms with Crippen molar-refractivity contribution in [2.75, 3.05) is 18.0 Å². The number of hydrogen-bond acceptors (Lipinski definition) is 4. The van der Waals surface area contributed by atoms with Crippen molar-refractivity contribution in [1.82, 2.24) is 0 Å². The molecular formula is C18H27N3O2. The third-order valence-corrected chi connectivity index (χ3v) is 5.55. The number of piperidine rings is 1. The molecule has 0 spiro atoms. The van der Waals surface area contributed by atoms with E-state index in [1.807, 2.05) is 12.1 Å². The van der Waals surface area contributed by atoms with E-state index in [0.29, 0.717) is 17.9 Å². The number of nitro groups is 1. The lowest BCUT2D eigenvalue weighted by molar-refractivity contribution is -0.384. The van der Waals surface area contributed by atoms with Crippen LogP contribution < -0.4 is 10.6 Å². The van der Waals surface area contributed by atoms with E-state index in [1.165, 1.54) is 44.9 Å². The van der Waals surface area contributed by atoms with Crippen LogP contribution in [0.3, 0.4) is 0 Å². The van der Waals surface area contributed by atoms with Crippen LogP contribution in [-0.2, 0) is 0 Å². The quantitative estimate of drug-likeness (QED) is 0.678. The lowest BCUT2D eigenvalue weighted by atomic mass is 9.77. The number of anilines is 1. The highest BCUT2D eigenvalue weighted by Crippen LogP contribution is 2.33. The first-order valence-electron chi connectivity index (χ1n) is 8.88. The van der Waals surface area contributed by atoms with Crippen LogP contribution in [0.25, 0.3) is 0 Å². The Labute approximate surface area is 138 Å². The Morgan fingerprint density at radius 2 is 1.87 bits per heavy atom. The second-order valence-electron chi connectivity index (χ2n) is 7.17. The Bertz CT molecular complexity index is 532. The zero-order chi connectivity index (χ0) is 16.2. The van der Waals surface area contributed by atoms with Gasteiger partial charge in [-0.3, -0.25) is 10.1 Å². The van der Waals surface area contributed by atoms with Gasteiger partial charge in [0.25, 0.3) is 5.69 Å². The first-order valence-corrected chi connectivity index (χ1v) is 8.88. The third kappa shape index (κ3) is 4.02. The standard InChI is InChI=1S/C18H27N3O2/c19-18-6-2-1-5-15(18)12-14-4-3-11-20(13-14)16-7-9-17(10-8-16)21(22)23/h7-10,14-15,18H,1-6,11-13,19H2/t14?,15-,18+/m0/s1. The molecule has 0 aromatic heterocycles. The van der Waals surface area contributed by atoms with Crippen LogP contribution in [0, 0.1) is 22.0 Å². The maximum atomic E-state index is 10.8. The summed E-state index contributed by atoms with van der Waals surface area (Å²) < 4.78 is 0. The molecule has 126 valence electrons. The van der Waals surface area contributed by atoms with Gasteiger partial charge in [-0.1, -0.05) is 12.8 Å². The zero-order valence-electron chi connectivity index (χ0n) is 13.7. The highest BCUT2D eigenvalue weighted by atomic mass is 16.6. The van der Waals surface area contributed by atoms with Gasteiger partial charge in [0.1, 0.15) is 0 Å². The second-order valence-corrected chi connectivity index (χ2v) is 7.17. The zero-order valence-corrected chi connectivity index (χ0v) is 13.7. The van der Waals surface area contributed by atoms with Crippen molar-refractivity contribution in [2.24, 2.45) is 17.6 Å². The molecule has 0 radical (unpaired) electrons. The molecule has 1 aromatic rings. The molecule has 1 aliphatic heterocycles. The van der Waals surface area contributed by atoms with Gasteiger partial charge in [-0.15, -0.1) is 0 Å². The first kappa shape index (κ1) is 16.2. The Morgan fingerprint density at radius 3 is 2.57 bits per heavy atom. The lowest BCUT2D eigenvalue weighted by Gasteiger charge is -2.38. The molecule has 23 heavy (non-hydrogen) atoms. The summed E-state index contributed by atoms with van der Waals surface area (Å²) in [6.07, 6.45) is 8.81. The minimum atomic E-state index is -0.340. The molecule has 3 atom stereocenters. The van der Waals surface area contributed by atoms with Crippen LogP contribution in [0.5, 0.6) is 0 Å². The smallest absolute Gasteiger partial charge is 0.269 e. The predicted octanol–water partition coefficient (Wildman–Crippen LogP) is 3.72. The van der Waals surface area contributed by atoms with Crippen molar-refractivity contribution < 1.29 is 4.92 Å². The van der Waals surface area contributed by atoms with Gasteiger partial charge in [0.15, 0.2) is 0 Å². The van der Waals surface area contributed by atoms with Gasteiger partial charge in [0.2, 0.25) is 0 Å². The largest absolute Gasteiger partial charge is 0.371 e. The molecule has 0 amide bonds. The third-order valence-electron chi connectivity index (χ3n) is 5.55. The van der Waals surface area contributed by atoms with Gasteiger partial charge in [-0.05, 0) is 56.1 Å². The van der Waals surface area contributed by atoms with Crippen LogP contribution in [0.2, 0.25) is 0 Å². The van der Waals surface area contributed by atoms with E-state index in [9.17, 15) is 10.1 Å². The summed E-state index contributed by atoms with van der Waals surface area (Å²) in [4.78, 5) is 12.8. The number of benzene rings is 1. The van der Waals surface area contributed by atoms with E-state index >= 15 is 0 Å². The average molecular weight is 317 g/mol. The van der Waals surface area contributed by atoms with Crippen LogP contribution >= 0.6 is 0 Å². The van der Waals surface area contributed by atoms with Gasteiger partial charge < -0.3 is 10.6 Å². The van der Waals surface area contributed by atoms with Crippen LogP contribution in [-0.4, -0.2) is 24.1 Å². The van der Waals surface area contributed by atoms with Crippen molar-refractivity contribution in [3.8, 4) is 0 Å². The first-order chi connectivity index (χ1) is 11.1. The Morgan fingerprint density at radius 1 is 1.13 bits per heavy atom. The fraction of sp³-hybridized carbons (Fsp3) is 0.667. The fourth-order valence-electron chi connectivity index (χ4n) is 4.23. The van der Waals surface area contributed by atoms with Crippen molar-refractivity contribution >= 4 is 11.4 Å². The van der Waals surface area contributed by atoms with E-state index in [-0.39, 0.29) is 10.6 Å². The van der Waals surface area contributed by atoms with E-state index in [1.54, 1.807) is 12.1 Å². The molecule has 5 heteroatoms. The maximum absolute atomic E-state index is 10.8. The number of rotatable bonds is 4. The van der Waals surface area contributed by atoms with Crippen molar-refractivity contribution in [2.45, 2.75) is 51.0 Å². The van der Waals surface area contributed by atoms with E-state index in [4.69, 9.17) is 5.73 Å². The summed E-state index contributed by atoms with van der Waals surface area (Å²) >= 11 is 0. The highest BCUT2D eigenvalue weighted by molar-refractivity contribution is 5.51. The summed E-state index contributed by atoms with van der Waals surface area (Å²) in [5.41, 5.74) is 7.58. The molecule has 5 nitrogen and oxygen atoms in total. The van der Waals surface area contributed by atoms with Crippen molar-refractivity contribution in [3.63, 3.8) is 0 Å². The van der Waals surface area contributed by atoms with Gasteiger partial charge in [0, 0.05) is 37.0 Å². The van der Waals surface area contributed by atoms with Crippen molar-refractivity contribution in [1.29, 1.82) is 0 Å². The van der Waals surface area contributed by atoms with E-state index in [2.05, 4.69) is 4.90 Å². The number of hydrogen-bond donors (Lipinski definition) is 1. The summed E-state index contributed by atoms with van der Waals surface area (Å²) in [6.45, 7) is 2.10. The Hall–Kier alpha value is -1.62. The number of non-ortho nitro benzene ring substituents is 1. The fourth-order valence-corrected chi connectivity index (χ4v) is 4.23. The summed E-state index contributed by atoms with van der Waals surface area (Å²) in [5.74, 6) is 1.39. The van der Waals surface area contributed by atoms with Crippen molar-refractivity contribution in [3.05, 3.63) is 34.4 Å². The monoisotopic (exact) mass is 317 g/mol. The Kier molecular flexibility index (Phi) is 5.16. The van der Waals surface area contributed by atoms with Crippen LogP contribution in [0.1, 0.15) is 44.9 Å². The summed E-state index contributed by atoms with van der Waals surface area (Å²) in [6, 6.07) is 7.37. The number of nitrogens with two attached hydrogens (primary N) is 1. The molecule has 0 bridgehead atoms. The van der Waals surface area contributed by atoms with Crippen LogP contribution in [0.15, 0.2) is 24.3 Å². The number of nitrogens with zero attached hydrogens (tertiary/aromatic N) is 2. The van der Waals surface area contributed by atoms with Gasteiger partial charge in [-0.2, -0.15) is 0 Å². The molecule has 2 aliphatic rings. The maximum Gasteiger partial charge on any atom is 0.269 e. The molecule has 1 saturated heterocycles. The molecule has 2 fully saturated rings. The average Bonchev–Trinajstić information content (AvgIpc) is 2.57. The molecule has 1 heterocycles. The topological polar surface area (TPSA) is 72.4 Å². The molecule has 1 aromatic carbocycles. The highest BCUT2D eigenvalue weighted by Gasteiger charge is 2.28. The summed E-state index contributed by atoms with van der Waals surface area (Å²) in [5, 5.41) is 10.8. The molecule has 1 aliphatic carbocycles. The molecule has 1 saturated carbocycles. The molecule has 1 unspecified atom stereocenters. The number of nitro benzene ring substituents is 1. The minimum absolute atomic E-state index is 0.162. The van der Waals surface area contributed by atoms with Crippen LogP contribution in [0.4, 0.5) is 11.4 Å². The second kappa shape index (κ2) is 7.30. The van der Waals surface area contributed by atoms with Gasteiger partial charge >= 0.3 is 0 Å². The normalized spacial score (nSPS) is 28.6. The SMILES string of the molecule is N[C@@H]1CCCC[C@H]1CC1CCCN(c2ccc([N+](=O)[O-])cc2)C1. The van der Waals surface area contributed by atoms with Gasteiger partial charge in [0.05, 0.1) is 4.92 Å². The van der Waals surface area contributed by atoms with E-state index < -0.39 is 0 Å². The Balaban J connectivity index is 1.60.